The van der Waals surface area contributed by atoms with Crippen molar-refractivity contribution in [2.24, 2.45) is 0 Å². The van der Waals surface area contributed by atoms with E-state index in [9.17, 15) is 5.11 Å². The van der Waals surface area contributed by atoms with Gasteiger partial charge in [0.2, 0.25) is 0 Å². The van der Waals surface area contributed by atoms with Crippen LogP contribution in [0.25, 0.3) is 0 Å². The molecule has 0 aromatic heterocycles. The van der Waals surface area contributed by atoms with Crippen molar-refractivity contribution in [3.8, 4) is 0 Å². The minimum atomic E-state index is -0.490. The molecule has 0 spiro atoms. The van der Waals surface area contributed by atoms with E-state index < -0.39 is 6.10 Å². The standard InChI is InChI=1S/C22H23ClN2O/c1-16(26)19-7-3-6-10-22(19)25(2)15-17-11-13-18(14-12-17)24-21-9-5-4-8-20(21)23/h3-14,16,24,26H,15H2,1-2H3. The van der Waals surface area contributed by atoms with Crippen molar-refractivity contribution in [1.29, 1.82) is 0 Å². The van der Waals surface area contributed by atoms with Crippen LogP contribution in [0.4, 0.5) is 17.1 Å². The average Bonchev–Trinajstić information content (AvgIpc) is 2.65. The Morgan fingerprint density at radius 2 is 1.62 bits per heavy atom. The van der Waals surface area contributed by atoms with Gasteiger partial charge in [-0.05, 0) is 42.8 Å². The number of anilines is 3. The number of aliphatic hydroxyl groups excluding tert-OH is 1. The predicted molar refractivity (Wildman–Crippen MR) is 110 cm³/mol. The van der Waals surface area contributed by atoms with Gasteiger partial charge in [0, 0.05) is 30.5 Å². The van der Waals surface area contributed by atoms with Crippen molar-refractivity contribution in [1.82, 2.24) is 0 Å². The Morgan fingerprint density at radius 1 is 0.962 bits per heavy atom. The van der Waals surface area contributed by atoms with Crippen LogP contribution in [0.2, 0.25) is 5.02 Å². The fourth-order valence-electron chi connectivity index (χ4n) is 2.96. The first-order chi connectivity index (χ1) is 12.5. The molecule has 26 heavy (non-hydrogen) atoms. The molecule has 0 radical (unpaired) electrons. The zero-order chi connectivity index (χ0) is 18.5. The molecule has 4 heteroatoms. The number of benzene rings is 3. The molecule has 3 aromatic carbocycles. The van der Waals surface area contributed by atoms with E-state index in [1.165, 1.54) is 5.56 Å². The number of nitrogens with one attached hydrogen (secondary N) is 1. The molecule has 0 amide bonds. The molecule has 0 aliphatic rings. The van der Waals surface area contributed by atoms with Crippen LogP contribution in [-0.4, -0.2) is 12.2 Å². The van der Waals surface area contributed by atoms with Crippen molar-refractivity contribution in [2.75, 3.05) is 17.3 Å². The molecule has 0 fully saturated rings. The van der Waals surface area contributed by atoms with Crippen LogP contribution in [0.5, 0.6) is 0 Å². The van der Waals surface area contributed by atoms with E-state index in [2.05, 4.69) is 22.3 Å². The van der Waals surface area contributed by atoms with Crippen LogP contribution >= 0.6 is 11.6 Å². The highest BCUT2D eigenvalue weighted by molar-refractivity contribution is 6.33. The highest BCUT2D eigenvalue weighted by Crippen LogP contribution is 2.27. The maximum Gasteiger partial charge on any atom is 0.0781 e. The molecule has 3 nitrogen and oxygen atoms in total. The third-order valence-corrected chi connectivity index (χ3v) is 4.65. The molecular weight excluding hydrogens is 344 g/mol. The van der Waals surface area contributed by atoms with Crippen LogP contribution < -0.4 is 10.2 Å². The van der Waals surface area contributed by atoms with E-state index in [0.29, 0.717) is 5.02 Å². The van der Waals surface area contributed by atoms with Gasteiger partial charge < -0.3 is 15.3 Å². The van der Waals surface area contributed by atoms with Gasteiger partial charge in [-0.25, -0.2) is 0 Å². The molecule has 3 rings (SSSR count). The second-order valence-corrected chi connectivity index (χ2v) is 6.80. The van der Waals surface area contributed by atoms with Gasteiger partial charge in [-0.15, -0.1) is 0 Å². The third kappa shape index (κ3) is 4.37. The number of nitrogens with zero attached hydrogens (tertiary/aromatic N) is 1. The summed E-state index contributed by atoms with van der Waals surface area (Å²) in [5, 5.41) is 14.0. The molecule has 1 atom stereocenters. The Hall–Kier alpha value is -2.49. The van der Waals surface area contributed by atoms with Crippen molar-refractivity contribution in [3.05, 3.63) is 88.9 Å². The molecule has 2 N–H and O–H groups in total. The second kappa shape index (κ2) is 8.26. The van der Waals surface area contributed by atoms with Crippen LogP contribution in [0.15, 0.2) is 72.8 Å². The molecule has 0 saturated heterocycles. The van der Waals surface area contributed by atoms with Crippen molar-refractivity contribution in [3.63, 3.8) is 0 Å². The first kappa shape index (κ1) is 18.3. The largest absolute Gasteiger partial charge is 0.389 e. The smallest absolute Gasteiger partial charge is 0.0781 e. The molecular formula is C22H23ClN2O. The fraction of sp³-hybridized carbons (Fsp3) is 0.182. The maximum absolute atomic E-state index is 9.97. The normalized spacial score (nSPS) is 11.8. The van der Waals surface area contributed by atoms with Crippen molar-refractivity contribution in [2.45, 2.75) is 19.6 Å². The minimum absolute atomic E-state index is 0.490. The first-order valence-electron chi connectivity index (χ1n) is 8.63. The van der Waals surface area contributed by atoms with Crippen LogP contribution in [0.1, 0.15) is 24.2 Å². The average molecular weight is 367 g/mol. The Labute approximate surface area is 159 Å². The summed E-state index contributed by atoms with van der Waals surface area (Å²) in [6, 6.07) is 23.9. The summed E-state index contributed by atoms with van der Waals surface area (Å²) in [4.78, 5) is 2.15. The van der Waals surface area contributed by atoms with E-state index >= 15 is 0 Å². The van der Waals surface area contributed by atoms with Crippen molar-refractivity contribution < 1.29 is 5.11 Å². The SMILES string of the molecule is CC(O)c1ccccc1N(C)Cc1ccc(Nc2ccccc2Cl)cc1. The summed E-state index contributed by atoms with van der Waals surface area (Å²) >= 11 is 6.19. The molecule has 0 heterocycles. The lowest BCUT2D eigenvalue weighted by Gasteiger charge is -2.24. The van der Waals surface area contributed by atoms with Crippen LogP contribution in [-0.2, 0) is 6.54 Å². The quantitative estimate of drug-likeness (QED) is 0.581. The van der Waals surface area contributed by atoms with Gasteiger partial charge in [-0.1, -0.05) is 54.1 Å². The molecule has 0 bridgehead atoms. The van der Waals surface area contributed by atoms with E-state index in [1.54, 1.807) is 6.92 Å². The predicted octanol–water partition coefficient (Wildman–Crippen LogP) is 5.77. The molecule has 0 aliphatic carbocycles. The van der Waals surface area contributed by atoms with Crippen molar-refractivity contribution >= 4 is 28.7 Å². The Balaban J connectivity index is 1.71. The van der Waals surface area contributed by atoms with Gasteiger partial charge in [0.05, 0.1) is 16.8 Å². The van der Waals surface area contributed by atoms with E-state index in [4.69, 9.17) is 11.6 Å². The molecule has 3 aromatic rings. The summed E-state index contributed by atoms with van der Waals surface area (Å²) in [7, 11) is 2.04. The van der Waals surface area contributed by atoms with Gasteiger partial charge in [0.25, 0.3) is 0 Å². The number of hydrogen-bond donors (Lipinski definition) is 2. The lowest BCUT2D eigenvalue weighted by atomic mass is 10.1. The summed E-state index contributed by atoms with van der Waals surface area (Å²) in [6.07, 6.45) is -0.490. The lowest BCUT2D eigenvalue weighted by molar-refractivity contribution is 0.199. The summed E-state index contributed by atoms with van der Waals surface area (Å²) < 4.78 is 0. The Kier molecular flexibility index (Phi) is 5.82. The maximum atomic E-state index is 9.97. The zero-order valence-corrected chi connectivity index (χ0v) is 15.7. The van der Waals surface area contributed by atoms with Gasteiger partial charge in [0.1, 0.15) is 0 Å². The van der Waals surface area contributed by atoms with E-state index in [0.717, 1.165) is 29.2 Å². The molecule has 1 unspecified atom stereocenters. The number of rotatable bonds is 6. The topological polar surface area (TPSA) is 35.5 Å². The highest BCUT2D eigenvalue weighted by atomic mass is 35.5. The lowest BCUT2D eigenvalue weighted by Crippen LogP contribution is -2.18. The first-order valence-corrected chi connectivity index (χ1v) is 9.01. The van der Waals surface area contributed by atoms with E-state index in [-0.39, 0.29) is 0 Å². The van der Waals surface area contributed by atoms with Crippen LogP contribution in [0.3, 0.4) is 0 Å². The Bertz CT molecular complexity index is 862. The molecule has 0 saturated carbocycles. The van der Waals surface area contributed by atoms with Gasteiger partial charge in [-0.2, -0.15) is 0 Å². The highest BCUT2D eigenvalue weighted by Gasteiger charge is 2.11. The van der Waals surface area contributed by atoms with Gasteiger partial charge in [0.15, 0.2) is 0 Å². The Morgan fingerprint density at radius 3 is 2.31 bits per heavy atom. The number of halogens is 1. The summed E-state index contributed by atoms with van der Waals surface area (Å²) in [5.41, 5.74) is 5.06. The monoisotopic (exact) mass is 366 g/mol. The van der Waals surface area contributed by atoms with Crippen LogP contribution in [0, 0.1) is 0 Å². The number of hydrogen-bond acceptors (Lipinski definition) is 3. The second-order valence-electron chi connectivity index (χ2n) is 6.39. The summed E-state index contributed by atoms with van der Waals surface area (Å²) in [5.74, 6) is 0. The summed E-state index contributed by atoms with van der Waals surface area (Å²) in [6.45, 7) is 2.55. The van der Waals surface area contributed by atoms with E-state index in [1.807, 2.05) is 67.7 Å². The number of para-hydroxylation sites is 2. The van der Waals surface area contributed by atoms with Gasteiger partial charge >= 0.3 is 0 Å². The minimum Gasteiger partial charge on any atom is -0.389 e. The fourth-order valence-corrected chi connectivity index (χ4v) is 3.14. The van der Waals surface area contributed by atoms with Gasteiger partial charge in [-0.3, -0.25) is 0 Å². The number of aliphatic hydroxyl groups is 1. The molecule has 0 aliphatic heterocycles. The third-order valence-electron chi connectivity index (χ3n) is 4.32. The zero-order valence-electron chi connectivity index (χ0n) is 15.0. The molecule has 134 valence electrons.